The van der Waals surface area contributed by atoms with E-state index >= 15 is 0 Å². The Balaban J connectivity index is 2.60. The van der Waals surface area contributed by atoms with Gasteiger partial charge in [-0.3, -0.25) is 9.48 Å². The van der Waals surface area contributed by atoms with Gasteiger partial charge in [0.15, 0.2) is 5.78 Å². The number of ketones is 1. The van der Waals surface area contributed by atoms with Crippen LogP contribution >= 0.6 is 11.6 Å². The topological polar surface area (TPSA) is 44.1 Å². The Morgan fingerprint density at radius 1 is 1.71 bits per heavy atom. The third-order valence-electron chi connectivity index (χ3n) is 1.84. The lowest BCUT2D eigenvalue weighted by atomic mass is 10.2. The molecule has 0 bridgehead atoms. The molecule has 0 fully saturated rings. The first-order valence-corrected chi connectivity index (χ1v) is 4.83. The first kappa shape index (κ1) is 11.2. The van der Waals surface area contributed by atoms with Crippen molar-refractivity contribution in [2.24, 2.45) is 7.05 Å². The molecule has 0 aliphatic rings. The van der Waals surface area contributed by atoms with Gasteiger partial charge in [0.25, 0.3) is 0 Å². The maximum absolute atomic E-state index is 11.6. The molecule has 1 aromatic heterocycles. The summed E-state index contributed by atoms with van der Waals surface area (Å²) in [6.07, 6.45) is 1.81. The van der Waals surface area contributed by atoms with Gasteiger partial charge >= 0.3 is 0 Å². The molecule has 0 unspecified atom stereocenters. The number of Topliss-reactive ketones (excluding diaryl/α,β-unsaturated/α-hetero) is 1. The van der Waals surface area contributed by atoms with Crippen molar-refractivity contribution < 1.29 is 9.53 Å². The number of nitrogens with zero attached hydrogens (tertiary/aromatic N) is 2. The molecule has 0 aliphatic heterocycles. The Labute approximate surface area is 87.8 Å². The minimum absolute atomic E-state index is 0.0385. The van der Waals surface area contributed by atoms with Crippen LogP contribution in [-0.2, 0) is 11.8 Å². The Morgan fingerprint density at radius 2 is 2.43 bits per heavy atom. The number of aryl methyl sites for hydroxylation is 1. The first-order valence-electron chi connectivity index (χ1n) is 4.45. The van der Waals surface area contributed by atoms with Crippen molar-refractivity contribution in [3.05, 3.63) is 16.9 Å². The van der Waals surface area contributed by atoms with Gasteiger partial charge in [0.2, 0.25) is 0 Å². The van der Waals surface area contributed by atoms with Crippen molar-refractivity contribution >= 4 is 17.4 Å². The molecule has 1 aromatic rings. The van der Waals surface area contributed by atoms with E-state index in [1.54, 1.807) is 7.05 Å². The minimum Gasteiger partial charge on any atom is -0.381 e. The fourth-order valence-electron chi connectivity index (χ4n) is 1.15. The van der Waals surface area contributed by atoms with Crippen molar-refractivity contribution in [1.82, 2.24) is 9.78 Å². The number of carbonyl (C=O) groups is 1. The Morgan fingerprint density at radius 3 is 2.93 bits per heavy atom. The van der Waals surface area contributed by atoms with Gasteiger partial charge in [-0.2, -0.15) is 5.10 Å². The van der Waals surface area contributed by atoms with Crippen molar-refractivity contribution in [3.63, 3.8) is 0 Å². The van der Waals surface area contributed by atoms with Crippen LogP contribution in [0.15, 0.2) is 6.20 Å². The Kier molecular flexibility index (Phi) is 4.10. The highest BCUT2D eigenvalue weighted by atomic mass is 35.5. The summed E-state index contributed by atoms with van der Waals surface area (Å²) in [5.74, 6) is -0.0385. The summed E-state index contributed by atoms with van der Waals surface area (Å²) in [7, 11) is 1.69. The highest BCUT2D eigenvalue weighted by Gasteiger charge is 2.14. The van der Waals surface area contributed by atoms with Crippen LogP contribution in [0.4, 0.5) is 0 Å². The highest BCUT2D eigenvalue weighted by Crippen LogP contribution is 2.15. The van der Waals surface area contributed by atoms with Crippen molar-refractivity contribution in [2.45, 2.75) is 13.3 Å². The fourth-order valence-corrected chi connectivity index (χ4v) is 1.42. The van der Waals surface area contributed by atoms with Crippen LogP contribution in [0.2, 0.25) is 5.02 Å². The lowest BCUT2D eigenvalue weighted by molar-refractivity contribution is 0.0887. The maximum atomic E-state index is 11.6. The summed E-state index contributed by atoms with van der Waals surface area (Å²) in [6.45, 7) is 2.94. The molecular weight excluding hydrogens is 204 g/mol. The summed E-state index contributed by atoms with van der Waals surface area (Å²) in [6, 6.07) is 0. The summed E-state index contributed by atoms with van der Waals surface area (Å²) < 4.78 is 6.57. The van der Waals surface area contributed by atoms with Crippen LogP contribution in [0.1, 0.15) is 23.8 Å². The smallest absolute Gasteiger partial charge is 0.184 e. The van der Waals surface area contributed by atoms with E-state index in [0.29, 0.717) is 30.4 Å². The van der Waals surface area contributed by atoms with Gasteiger partial charge in [-0.15, -0.1) is 0 Å². The van der Waals surface area contributed by atoms with Gasteiger partial charge in [0, 0.05) is 20.1 Å². The minimum atomic E-state index is -0.0385. The second kappa shape index (κ2) is 5.12. The zero-order chi connectivity index (χ0) is 10.6. The van der Waals surface area contributed by atoms with Crippen LogP contribution < -0.4 is 0 Å². The lowest BCUT2D eigenvalue weighted by Crippen LogP contribution is -2.10. The maximum Gasteiger partial charge on any atom is 0.184 e. The molecule has 0 radical (unpaired) electrons. The predicted octanol–water partition coefficient (Wildman–Crippen LogP) is 1.68. The van der Waals surface area contributed by atoms with E-state index < -0.39 is 0 Å². The Bertz CT molecular complexity index is 303. The number of ether oxygens (including phenoxy) is 1. The van der Waals surface area contributed by atoms with Crippen molar-refractivity contribution in [2.75, 3.05) is 13.2 Å². The summed E-state index contributed by atoms with van der Waals surface area (Å²) in [5, 5.41) is 4.29. The molecule has 0 aromatic carbocycles. The van der Waals surface area contributed by atoms with Crippen LogP contribution in [0, 0.1) is 0 Å². The third kappa shape index (κ3) is 2.56. The molecule has 1 heterocycles. The molecule has 5 heteroatoms. The molecule has 0 saturated heterocycles. The standard InChI is InChI=1S/C9H13ClN2O2/c1-3-14-5-4-8(13)9-7(10)6-11-12(9)2/h6H,3-5H2,1-2H3. The molecule has 0 spiro atoms. The van der Waals surface area contributed by atoms with Gasteiger partial charge in [-0.25, -0.2) is 0 Å². The molecule has 0 aliphatic carbocycles. The largest absolute Gasteiger partial charge is 0.381 e. The van der Waals surface area contributed by atoms with Gasteiger partial charge in [0.05, 0.1) is 17.8 Å². The molecule has 0 amide bonds. The van der Waals surface area contributed by atoms with Gasteiger partial charge in [-0.05, 0) is 6.92 Å². The Hall–Kier alpha value is -0.870. The first-order chi connectivity index (χ1) is 6.66. The van der Waals surface area contributed by atoms with Gasteiger partial charge in [-0.1, -0.05) is 11.6 Å². The SMILES string of the molecule is CCOCCC(=O)c1c(Cl)cnn1C. The van der Waals surface area contributed by atoms with Gasteiger partial charge in [0.1, 0.15) is 5.69 Å². The van der Waals surface area contributed by atoms with E-state index in [1.165, 1.54) is 10.9 Å². The lowest BCUT2D eigenvalue weighted by Gasteiger charge is -2.02. The second-order valence-corrected chi connectivity index (χ2v) is 3.24. The van der Waals surface area contributed by atoms with Crippen LogP contribution in [0.3, 0.4) is 0 Å². The van der Waals surface area contributed by atoms with Crippen LogP contribution in [-0.4, -0.2) is 28.8 Å². The molecule has 1 rings (SSSR count). The molecule has 14 heavy (non-hydrogen) atoms. The van der Waals surface area contributed by atoms with Crippen LogP contribution in [0.5, 0.6) is 0 Å². The number of hydrogen-bond donors (Lipinski definition) is 0. The number of rotatable bonds is 5. The highest BCUT2D eigenvalue weighted by molar-refractivity contribution is 6.33. The van der Waals surface area contributed by atoms with E-state index in [9.17, 15) is 4.79 Å². The van der Waals surface area contributed by atoms with Crippen LogP contribution in [0.25, 0.3) is 0 Å². The number of carbonyl (C=O) groups excluding carboxylic acids is 1. The predicted molar refractivity (Wildman–Crippen MR) is 53.7 cm³/mol. The van der Waals surface area contributed by atoms with E-state index in [0.717, 1.165) is 0 Å². The van der Waals surface area contributed by atoms with Crippen molar-refractivity contribution in [3.8, 4) is 0 Å². The van der Waals surface area contributed by atoms with E-state index in [-0.39, 0.29) is 5.78 Å². The zero-order valence-corrected chi connectivity index (χ0v) is 9.04. The molecule has 0 saturated carbocycles. The molecular formula is C9H13ClN2O2. The normalized spacial score (nSPS) is 10.5. The average molecular weight is 217 g/mol. The zero-order valence-electron chi connectivity index (χ0n) is 8.29. The van der Waals surface area contributed by atoms with E-state index in [4.69, 9.17) is 16.3 Å². The fraction of sp³-hybridized carbons (Fsp3) is 0.556. The summed E-state index contributed by atoms with van der Waals surface area (Å²) in [4.78, 5) is 11.6. The second-order valence-electron chi connectivity index (χ2n) is 2.83. The van der Waals surface area contributed by atoms with E-state index in [1.807, 2.05) is 6.92 Å². The monoisotopic (exact) mass is 216 g/mol. The molecule has 0 N–H and O–H groups in total. The number of aromatic nitrogens is 2. The average Bonchev–Trinajstić information content (AvgIpc) is 2.46. The molecule has 4 nitrogen and oxygen atoms in total. The quantitative estimate of drug-likeness (QED) is 0.556. The summed E-state index contributed by atoms with van der Waals surface area (Å²) >= 11 is 5.81. The third-order valence-corrected chi connectivity index (χ3v) is 2.11. The molecule has 0 atom stereocenters. The van der Waals surface area contributed by atoms with Gasteiger partial charge < -0.3 is 4.74 Å². The number of hydrogen-bond acceptors (Lipinski definition) is 3. The molecule has 78 valence electrons. The summed E-state index contributed by atoms with van der Waals surface area (Å²) in [5.41, 5.74) is 0.450. The van der Waals surface area contributed by atoms with E-state index in [2.05, 4.69) is 5.10 Å². The van der Waals surface area contributed by atoms with Crippen molar-refractivity contribution in [1.29, 1.82) is 0 Å². The number of halogens is 1.